The summed E-state index contributed by atoms with van der Waals surface area (Å²) in [5.41, 5.74) is -0.890. The average molecular weight is 407 g/mol. The number of benzene rings is 1. The van der Waals surface area contributed by atoms with E-state index in [1.807, 2.05) is 0 Å². The first kappa shape index (κ1) is 19.3. The van der Waals surface area contributed by atoms with E-state index in [4.69, 9.17) is 4.42 Å². The molecule has 0 aliphatic carbocycles. The summed E-state index contributed by atoms with van der Waals surface area (Å²) in [4.78, 5) is 12.0. The minimum Gasteiger partial charge on any atom is -0.472 e. The molecular weight excluding hydrogens is 390 g/mol. The van der Waals surface area contributed by atoms with Gasteiger partial charge >= 0.3 is 5.97 Å². The third-order valence-electron chi connectivity index (χ3n) is 4.03. The molecule has 0 aliphatic heterocycles. The van der Waals surface area contributed by atoms with Crippen LogP contribution in [0.2, 0.25) is 0 Å². The second kappa shape index (κ2) is 7.65. The van der Waals surface area contributed by atoms with Gasteiger partial charge in [-0.3, -0.25) is 0 Å². The molecule has 0 aliphatic rings. The molecule has 0 fully saturated rings. The van der Waals surface area contributed by atoms with Gasteiger partial charge in [0.15, 0.2) is 0 Å². The molecule has 2 heterocycles. The number of ether oxygens (including phenoxy) is 1. The maximum absolute atomic E-state index is 12.6. The first-order chi connectivity index (χ1) is 12.9. The van der Waals surface area contributed by atoms with E-state index in [0.29, 0.717) is 10.4 Å². The molecular formula is C18H17NO6S2. The van der Waals surface area contributed by atoms with Crippen molar-refractivity contribution in [1.29, 1.82) is 0 Å². The lowest BCUT2D eigenvalue weighted by Crippen LogP contribution is -2.40. The smallest absolute Gasteiger partial charge is 0.337 e. The summed E-state index contributed by atoms with van der Waals surface area (Å²) in [5.74, 6) is -0.557. The molecule has 27 heavy (non-hydrogen) atoms. The standard InChI is InChI=1S/C18H17NO6S2/c1-24-17(20)13-4-6-15(7-5-13)27(22,23)19-12-18(21,14-8-9-25-11-14)16-3-2-10-26-16/h2-11,19,21H,12H2,1H3. The third-order valence-corrected chi connectivity index (χ3v) is 6.47. The SMILES string of the molecule is COC(=O)c1ccc(S(=O)(=O)NCC(O)(c2ccoc2)c2cccs2)cc1. The summed E-state index contributed by atoms with van der Waals surface area (Å²) in [6.07, 6.45) is 2.78. The number of rotatable bonds is 7. The molecule has 9 heteroatoms. The summed E-state index contributed by atoms with van der Waals surface area (Å²) in [5, 5.41) is 12.9. The minimum absolute atomic E-state index is 0.0316. The van der Waals surface area contributed by atoms with E-state index in [1.54, 1.807) is 23.6 Å². The normalized spacial score (nSPS) is 13.9. The van der Waals surface area contributed by atoms with Crippen molar-refractivity contribution in [1.82, 2.24) is 4.72 Å². The van der Waals surface area contributed by atoms with E-state index in [2.05, 4.69) is 9.46 Å². The highest BCUT2D eigenvalue weighted by atomic mass is 32.2. The Morgan fingerprint density at radius 2 is 2.00 bits per heavy atom. The van der Waals surface area contributed by atoms with Gasteiger partial charge in [0.05, 0.1) is 30.1 Å². The van der Waals surface area contributed by atoms with Crippen LogP contribution < -0.4 is 4.72 Å². The Labute approximate surface area is 160 Å². The van der Waals surface area contributed by atoms with E-state index in [0.717, 1.165) is 0 Å². The second-order valence-corrected chi connectivity index (χ2v) is 8.40. The first-order valence-electron chi connectivity index (χ1n) is 7.84. The number of methoxy groups -OCH3 is 1. The van der Waals surface area contributed by atoms with E-state index >= 15 is 0 Å². The van der Waals surface area contributed by atoms with Gasteiger partial charge in [0.2, 0.25) is 10.0 Å². The summed E-state index contributed by atoms with van der Waals surface area (Å²) in [7, 11) is -2.67. The number of aliphatic hydroxyl groups is 1. The lowest BCUT2D eigenvalue weighted by atomic mass is 9.95. The Bertz CT molecular complexity index is 959. The van der Waals surface area contributed by atoms with Crippen LogP contribution in [0.4, 0.5) is 0 Å². The van der Waals surface area contributed by atoms with Crippen molar-refractivity contribution in [3.63, 3.8) is 0 Å². The van der Waals surface area contributed by atoms with E-state index in [9.17, 15) is 18.3 Å². The van der Waals surface area contributed by atoms with Crippen molar-refractivity contribution < 1.29 is 27.5 Å². The van der Waals surface area contributed by atoms with Crippen molar-refractivity contribution in [2.24, 2.45) is 0 Å². The second-order valence-electron chi connectivity index (χ2n) is 5.69. The maximum atomic E-state index is 12.6. The Balaban J connectivity index is 1.84. The van der Waals surface area contributed by atoms with Crippen molar-refractivity contribution in [2.75, 3.05) is 13.7 Å². The largest absolute Gasteiger partial charge is 0.472 e. The molecule has 0 bridgehead atoms. The van der Waals surface area contributed by atoms with Crippen LogP contribution in [-0.4, -0.2) is 33.1 Å². The number of sulfonamides is 1. The molecule has 1 atom stereocenters. The van der Waals surface area contributed by atoms with Crippen molar-refractivity contribution >= 4 is 27.3 Å². The molecule has 0 saturated heterocycles. The Kier molecular flexibility index (Phi) is 5.47. The van der Waals surface area contributed by atoms with Gasteiger partial charge in [-0.15, -0.1) is 11.3 Å². The van der Waals surface area contributed by atoms with Crippen LogP contribution in [0.3, 0.4) is 0 Å². The number of carbonyl (C=O) groups excluding carboxylic acids is 1. The maximum Gasteiger partial charge on any atom is 0.337 e. The first-order valence-corrected chi connectivity index (χ1v) is 10.2. The molecule has 0 spiro atoms. The fourth-order valence-corrected chi connectivity index (χ4v) is 4.42. The number of thiophene rings is 1. The lowest BCUT2D eigenvalue weighted by Gasteiger charge is -2.26. The highest BCUT2D eigenvalue weighted by molar-refractivity contribution is 7.89. The van der Waals surface area contributed by atoms with Crippen molar-refractivity contribution in [3.05, 3.63) is 76.4 Å². The fraction of sp³-hybridized carbons (Fsp3) is 0.167. The quantitative estimate of drug-likeness (QED) is 0.583. The predicted octanol–water partition coefficient (Wildman–Crippen LogP) is 2.34. The minimum atomic E-state index is -3.91. The number of hydrogen-bond acceptors (Lipinski definition) is 7. The molecule has 2 N–H and O–H groups in total. The fourth-order valence-electron chi connectivity index (χ4n) is 2.52. The van der Waals surface area contributed by atoms with Gasteiger partial charge < -0.3 is 14.3 Å². The highest BCUT2D eigenvalue weighted by Gasteiger charge is 2.35. The zero-order valence-corrected chi connectivity index (χ0v) is 15.9. The van der Waals surface area contributed by atoms with Crippen molar-refractivity contribution in [3.8, 4) is 0 Å². The molecule has 0 saturated carbocycles. The molecule has 0 radical (unpaired) electrons. The molecule has 1 aromatic carbocycles. The molecule has 3 aromatic rings. The van der Waals surface area contributed by atoms with Gasteiger partial charge in [-0.25, -0.2) is 17.9 Å². The van der Waals surface area contributed by atoms with Crippen LogP contribution in [0.25, 0.3) is 0 Å². The molecule has 142 valence electrons. The van der Waals surface area contributed by atoms with E-state index < -0.39 is 21.6 Å². The number of furan rings is 1. The van der Waals surface area contributed by atoms with Crippen LogP contribution in [0.15, 0.2) is 69.7 Å². The average Bonchev–Trinajstić information content (AvgIpc) is 3.40. The third kappa shape index (κ3) is 3.96. The Morgan fingerprint density at radius 1 is 1.26 bits per heavy atom. The van der Waals surface area contributed by atoms with Gasteiger partial charge in [-0.2, -0.15) is 0 Å². The van der Waals surface area contributed by atoms with Gasteiger partial charge in [-0.05, 0) is 41.8 Å². The molecule has 1 unspecified atom stereocenters. The van der Waals surface area contributed by atoms with Crippen LogP contribution >= 0.6 is 11.3 Å². The summed E-state index contributed by atoms with van der Waals surface area (Å²) >= 11 is 1.30. The van der Waals surface area contributed by atoms with Gasteiger partial charge in [0.25, 0.3) is 0 Å². The zero-order valence-electron chi connectivity index (χ0n) is 14.3. The molecule has 0 amide bonds. The van der Waals surface area contributed by atoms with Crippen LogP contribution in [0.1, 0.15) is 20.8 Å². The molecule has 3 rings (SSSR count). The number of hydrogen-bond donors (Lipinski definition) is 2. The van der Waals surface area contributed by atoms with Gasteiger partial charge in [0.1, 0.15) is 5.60 Å². The van der Waals surface area contributed by atoms with Crippen LogP contribution in [0, 0.1) is 0 Å². The topological polar surface area (TPSA) is 106 Å². The van der Waals surface area contributed by atoms with Gasteiger partial charge in [-0.1, -0.05) is 6.07 Å². The number of esters is 1. The monoisotopic (exact) mass is 407 g/mol. The van der Waals surface area contributed by atoms with E-state index in [-0.39, 0.29) is 17.0 Å². The summed E-state index contributed by atoms with van der Waals surface area (Å²) in [6, 6.07) is 10.4. The highest BCUT2D eigenvalue weighted by Crippen LogP contribution is 2.33. The van der Waals surface area contributed by atoms with E-state index in [1.165, 1.54) is 55.2 Å². The number of carbonyl (C=O) groups is 1. The van der Waals surface area contributed by atoms with Crippen LogP contribution in [-0.2, 0) is 20.4 Å². The molecule has 2 aromatic heterocycles. The predicted molar refractivity (Wildman–Crippen MR) is 99.0 cm³/mol. The lowest BCUT2D eigenvalue weighted by molar-refractivity contribution is 0.0600. The summed E-state index contributed by atoms with van der Waals surface area (Å²) < 4.78 is 37.3. The summed E-state index contributed by atoms with van der Waals surface area (Å²) in [6.45, 7) is -0.284. The zero-order chi connectivity index (χ0) is 19.5. The number of nitrogens with one attached hydrogen (secondary N) is 1. The molecule has 7 nitrogen and oxygen atoms in total. The Hall–Kier alpha value is -2.46. The van der Waals surface area contributed by atoms with Gasteiger partial charge in [0, 0.05) is 17.0 Å². The Morgan fingerprint density at radius 3 is 2.56 bits per heavy atom. The van der Waals surface area contributed by atoms with Crippen molar-refractivity contribution in [2.45, 2.75) is 10.5 Å². The van der Waals surface area contributed by atoms with Crippen LogP contribution in [0.5, 0.6) is 0 Å².